The first kappa shape index (κ1) is 54.9. The maximum absolute atomic E-state index is 14.2. The van der Waals surface area contributed by atoms with Gasteiger partial charge in [-0.3, -0.25) is 33.6 Å². The van der Waals surface area contributed by atoms with E-state index in [1.807, 2.05) is 69.5 Å². The van der Waals surface area contributed by atoms with E-state index in [1.54, 1.807) is 41.2 Å². The molecule has 3 unspecified atom stereocenters. The van der Waals surface area contributed by atoms with Crippen LogP contribution in [-0.4, -0.2) is 109 Å². The van der Waals surface area contributed by atoms with Crippen LogP contribution in [0.2, 0.25) is 5.02 Å². The number of likely N-dealkylation sites (tertiary alicyclic amines) is 1. The van der Waals surface area contributed by atoms with Crippen LogP contribution < -0.4 is 32.3 Å². The molecule has 4 heterocycles. The molecule has 1 aliphatic carbocycles. The van der Waals surface area contributed by atoms with E-state index in [0.29, 0.717) is 37.1 Å². The van der Waals surface area contributed by atoms with Crippen LogP contribution >= 0.6 is 22.9 Å². The molecule has 2 aliphatic heterocycles. The van der Waals surface area contributed by atoms with Gasteiger partial charge in [-0.05, 0) is 92.2 Å². The van der Waals surface area contributed by atoms with E-state index in [9.17, 15) is 48.6 Å². The third-order valence-corrected chi connectivity index (χ3v) is 15.2. The van der Waals surface area contributed by atoms with Crippen molar-refractivity contribution >= 4 is 81.5 Å². The minimum absolute atomic E-state index is 0.0524. The van der Waals surface area contributed by atoms with Gasteiger partial charge in [0.1, 0.15) is 18.1 Å². The third-order valence-electron chi connectivity index (χ3n) is 13.8. The Morgan fingerprint density at radius 2 is 1.72 bits per heavy atom. The largest absolute Gasteiger partial charge is 0.465 e. The summed E-state index contributed by atoms with van der Waals surface area (Å²) in [6.45, 7) is 9.59. The smallest absolute Gasteiger partial charge is 0.405 e. The van der Waals surface area contributed by atoms with E-state index in [1.165, 1.54) is 11.0 Å². The van der Waals surface area contributed by atoms with E-state index in [0.717, 1.165) is 27.3 Å². The molecule has 7 atom stereocenters. The van der Waals surface area contributed by atoms with Crippen molar-refractivity contribution in [3.63, 3.8) is 0 Å². The number of aryl methyl sites for hydroxylation is 3. The highest BCUT2D eigenvalue weighted by Crippen LogP contribution is 2.36. The summed E-state index contributed by atoms with van der Waals surface area (Å²) in [5.41, 5.74) is 11.8. The molecule has 2 aromatic heterocycles. The Bertz CT molecular complexity index is 2840. The molecule has 3 aliphatic rings. The van der Waals surface area contributed by atoms with Crippen LogP contribution in [-0.2, 0) is 52.9 Å². The number of ketones is 1. The standard InChI is InChI=1S/C53H64ClN9O10S/c1-28(30-13-15-32(16-14-30)46-29(2)56-27-74-46)57-50(70)40-25-35(64)26-63(40)51(71)47(53(3,4)5)61-42(66)12-7-6-9-31-10-8-11-37(43(31)54)58-49(69)39(17-18-41(55)65)59-48(68)34-23-33-19-21-62-22-20-38(60-52(72)73)45(67)36(24-34)44(33)62/h8,10-11,13-16,19,21,24,27-28,34-35,38-40,47,60,64H,6-7,9,12,17-18,20,22-23,25-26H2,1-5H3,(H2,55,65)(H,57,70)(H,58,69)(H,59,68)(H,61,66)(H,72,73)/t28?,34-,35+,38-,39?,40-,47?/m0/s1. The number of hydrogen-bond acceptors (Lipinski definition) is 11. The number of rotatable bonds is 19. The van der Waals surface area contributed by atoms with Gasteiger partial charge in [0, 0.05) is 44.1 Å². The minimum Gasteiger partial charge on any atom is -0.465 e. The van der Waals surface area contributed by atoms with Gasteiger partial charge in [0.25, 0.3) is 0 Å². The Labute approximate surface area is 438 Å². The molecule has 394 valence electrons. The molecule has 9 N–H and O–H groups in total. The lowest BCUT2D eigenvalue weighted by molar-refractivity contribution is -0.144. The lowest BCUT2D eigenvalue weighted by Gasteiger charge is -2.35. The monoisotopic (exact) mass is 1050 g/mol. The molecular weight excluding hydrogens is 990 g/mol. The number of carbonyl (C=O) groups excluding carboxylic acids is 7. The second kappa shape index (κ2) is 23.5. The van der Waals surface area contributed by atoms with E-state index >= 15 is 0 Å². The number of primary amides is 1. The predicted octanol–water partition coefficient (Wildman–Crippen LogP) is 5.21. The third kappa shape index (κ3) is 13.1. The van der Waals surface area contributed by atoms with Gasteiger partial charge in [-0.2, -0.15) is 0 Å². The number of nitrogens with one attached hydrogen (secondary N) is 5. The predicted molar refractivity (Wildman–Crippen MR) is 279 cm³/mol. The van der Waals surface area contributed by atoms with E-state index in [4.69, 9.17) is 17.3 Å². The van der Waals surface area contributed by atoms with Crippen molar-refractivity contribution in [2.45, 2.75) is 135 Å². The number of halogens is 1. The molecule has 1 fully saturated rings. The van der Waals surface area contributed by atoms with Gasteiger partial charge >= 0.3 is 6.09 Å². The topological polar surface area (TPSA) is 284 Å². The molecule has 74 heavy (non-hydrogen) atoms. The molecule has 7 amide bonds. The fourth-order valence-electron chi connectivity index (χ4n) is 9.79. The second-order valence-electron chi connectivity index (χ2n) is 20.4. The number of nitrogens with zero attached hydrogens (tertiary/aromatic N) is 3. The molecule has 4 aromatic rings. The number of anilines is 1. The second-order valence-corrected chi connectivity index (χ2v) is 21.6. The number of hydrogen-bond donors (Lipinski definition) is 8. The number of thiazole rings is 1. The number of unbranched alkanes of at least 4 members (excludes halogenated alkanes) is 1. The van der Waals surface area contributed by atoms with Gasteiger partial charge in [0.05, 0.1) is 56.6 Å². The van der Waals surface area contributed by atoms with Crippen LogP contribution in [0.1, 0.15) is 107 Å². The summed E-state index contributed by atoms with van der Waals surface area (Å²) in [6, 6.07) is 10.1. The van der Waals surface area contributed by atoms with Crippen molar-refractivity contribution in [1.29, 1.82) is 0 Å². The first-order valence-electron chi connectivity index (χ1n) is 24.8. The molecule has 0 spiro atoms. The van der Waals surface area contributed by atoms with Crippen molar-refractivity contribution in [3.05, 3.63) is 99.4 Å². The number of β-amino-alcohol motifs (C(OH)–C–C–N with tert-alkyl or cyclic N) is 1. The molecule has 1 saturated heterocycles. The number of carbonyl (C=O) groups is 8. The number of carboxylic acid groups (broad SMARTS) is 1. The Kier molecular flexibility index (Phi) is 17.4. The molecule has 0 radical (unpaired) electrons. The summed E-state index contributed by atoms with van der Waals surface area (Å²) in [6.07, 6.45) is 2.54. The van der Waals surface area contributed by atoms with Crippen LogP contribution in [0.5, 0.6) is 0 Å². The summed E-state index contributed by atoms with van der Waals surface area (Å²) in [5.74, 6) is -4.55. The van der Waals surface area contributed by atoms with Gasteiger partial charge in [0.2, 0.25) is 35.4 Å². The summed E-state index contributed by atoms with van der Waals surface area (Å²) < 4.78 is 1.86. The van der Waals surface area contributed by atoms with Crippen LogP contribution in [0.4, 0.5) is 10.5 Å². The normalized spacial score (nSPS) is 19.5. The lowest BCUT2D eigenvalue weighted by atomic mass is 9.85. The Morgan fingerprint density at radius 3 is 2.39 bits per heavy atom. The first-order chi connectivity index (χ1) is 35.1. The highest BCUT2D eigenvalue weighted by molar-refractivity contribution is 7.13. The molecule has 21 heteroatoms. The quantitative estimate of drug-likeness (QED) is 0.0565. The average Bonchev–Trinajstić information content (AvgIpc) is 4.07. The van der Waals surface area contributed by atoms with Crippen LogP contribution in [0, 0.1) is 18.3 Å². The number of amides is 7. The zero-order chi connectivity index (χ0) is 53.6. The molecule has 19 nitrogen and oxygen atoms in total. The van der Waals surface area contributed by atoms with Gasteiger partial charge in [-0.1, -0.05) is 74.8 Å². The molecule has 0 bridgehead atoms. The summed E-state index contributed by atoms with van der Waals surface area (Å²) in [4.78, 5) is 113. The number of benzene rings is 2. The first-order valence-corrected chi connectivity index (χ1v) is 26.0. The van der Waals surface area contributed by atoms with Crippen molar-refractivity contribution in [1.82, 2.24) is 35.7 Å². The molecular formula is C53H64ClN9O10S. The summed E-state index contributed by atoms with van der Waals surface area (Å²) in [5, 5.41) is 34.0. The highest BCUT2D eigenvalue weighted by atomic mass is 35.5. The summed E-state index contributed by atoms with van der Waals surface area (Å²) >= 11 is 8.38. The lowest BCUT2D eigenvalue weighted by Crippen LogP contribution is -2.57. The van der Waals surface area contributed by atoms with E-state index in [-0.39, 0.29) is 73.3 Å². The SMILES string of the molecule is Cc1ncsc1-c1ccc(C(C)NC(=O)[C@@H]2C[C@@H](O)CN2C(=O)C(NC(=O)CCCCc2cccc(NC(=O)C(CCC(N)=O)NC(=O)[C@@H]3C=C4C(=O)[C@@H](NC(=O)O)CCn5ccc(c54)C3)c2Cl)C(C)(C)C)cc1. The number of Topliss-reactive ketones (excluding diaryl/α,β-unsaturated/α-hetero) is 1. The average molecular weight is 1050 g/mol. The van der Waals surface area contributed by atoms with Crippen molar-refractivity contribution in [2.24, 2.45) is 17.1 Å². The van der Waals surface area contributed by atoms with E-state index < -0.39 is 83.0 Å². The minimum atomic E-state index is -1.34. The maximum Gasteiger partial charge on any atom is 0.405 e. The fraction of sp³-hybridized carbons (Fsp3) is 0.453. The Hall–Kier alpha value is -6.90. The van der Waals surface area contributed by atoms with Gasteiger partial charge < -0.3 is 52.0 Å². The zero-order valence-electron chi connectivity index (χ0n) is 42.0. The Balaban J connectivity index is 0.927. The van der Waals surface area contributed by atoms with Crippen LogP contribution in [0.3, 0.4) is 0 Å². The highest BCUT2D eigenvalue weighted by Gasteiger charge is 2.45. The van der Waals surface area contributed by atoms with Gasteiger partial charge in [-0.15, -0.1) is 11.3 Å². The van der Waals surface area contributed by atoms with E-state index in [2.05, 4.69) is 31.6 Å². The van der Waals surface area contributed by atoms with Crippen LogP contribution in [0.15, 0.2) is 66.3 Å². The number of nitrogens with two attached hydrogens (primary N) is 1. The number of aliphatic hydroxyl groups excluding tert-OH is 1. The van der Waals surface area contributed by atoms with Crippen molar-refractivity contribution < 1.29 is 48.6 Å². The fourth-order valence-corrected chi connectivity index (χ4v) is 10.9. The van der Waals surface area contributed by atoms with Crippen molar-refractivity contribution in [3.8, 4) is 10.4 Å². The zero-order valence-corrected chi connectivity index (χ0v) is 43.6. The van der Waals surface area contributed by atoms with Crippen LogP contribution in [0.25, 0.3) is 16.0 Å². The number of aromatic nitrogens is 2. The molecule has 2 aromatic carbocycles. The molecule has 7 rings (SSSR count). The van der Waals surface area contributed by atoms with Gasteiger partial charge in [0.15, 0.2) is 5.78 Å². The Morgan fingerprint density at radius 1 is 0.973 bits per heavy atom. The van der Waals surface area contributed by atoms with Crippen molar-refractivity contribution in [2.75, 3.05) is 11.9 Å². The molecule has 0 saturated carbocycles. The summed E-state index contributed by atoms with van der Waals surface area (Å²) in [7, 11) is 0. The number of aliphatic hydroxyl groups is 1. The van der Waals surface area contributed by atoms with Gasteiger partial charge in [-0.25, -0.2) is 9.78 Å². The maximum atomic E-state index is 14.2.